The number of nitrogens with zero attached hydrogens (tertiary/aromatic N) is 6. The minimum absolute atomic E-state index is 0.0721. The van der Waals surface area contributed by atoms with Gasteiger partial charge in [-0.2, -0.15) is 5.26 Å². The quantitative estimate of drug-likeness (QED) is 0.365. The van der Waals surface area contributed by atoms with Gasteiger partial charge in [-0.3, -0.25) is 14.7 Å². The molecule has 1 aliphatic rings. The molecule has 5 rings (SSSR count). The Morgan fingerprint density at radius 1 is 1.05 bits per heavy atom. The number of hydrogen-bond donors (Lipinski definition) is 0. The molecule has 0 amide bonds. The zero-order chi connectivity index (χ0) is 27.1. The van der Waals surface area contributed by atoms with Crippen LogP contribution >= 0.6 is 11.6 Å². The van der Waals surface area contributed by atoms with Gasteiger partial charge in [-0.25, -0.2) is 4.98 Å². The van der Waals surface area contributed by atoms with Gasteiger partial charge in [0.2, 0.25) is 0 Å². The Morgan fingerprint density at radius 3 is 2.53 bits per heavy atom. The molecule has 1 fully saturated rings. The maximum Gasteiger partial charge on any atom is 0.252 e. The van der Waals surface area contributed by atoms with Gasteiger partial charge in [0.25, 0.3) is 5.56 Å². The maximum atomic E-state index is 12.9. The van der Waals surface area contributed by atoms with E-state index in [1.807, 2.05) is 20.0 Å². The van der Waals surface area contributed by atoms with Crippen LogP contribution < -0.4 is 10.5 Å². The Bertz CT molecular complexity index is 1610. The van der Waals surface area contributed by atoms with Crippen LogP contribution in [0.5, 0.6) is 0 Å². The van der Waals surface area contributed by atoms with Crippen LogP contribution in [-0.2, 0) is 7.05 Å². The number of halogens is 1. The van der Waals surface area contributed by atoms with E-state index in [0.717, 1.165) is 39.6 Å². The number of aromatic nitrogens is 3. The highest BCUT2D eigenvalue weighted by atomic mass is 35.5. The molecular formula is C30H31ClN6O. The molecule has 1 aliphatic heterocycles. The molecule has 0 saturated carbocycles. The second-order valence-corrected chi connectivity index (χ2v) is 10.7. The topological polar surface area (TPSA) is 78.0 Å². The lowest BCUT2D eigenvalue weighted by Gasteiger charge is -2.48. The first-order valence-electron chi connectivity index (χ1n) is 12.8. The highest BCUT2D eigenvalue weighted by molar-refractivity contribution is 6.31. The number of benzene rings is 1. The molecule has 1 aromatic carbocycles. The van der Waals surface area contributed by atoms with Gasteiger partial charge in [0.1, 0.15) is 17.3 Å². The number of hydrogen-bond acceptors (Lipinski definition) is 6. The molecule has 4 aromatic rings. The molecule has 7 nitrogen and oxygen atoms in total. The summed E-state index contributed by atoms with van der Waals surface area (Å²) in [6, 6.07) is 17.8. The highest BCUT2D eigenvalue weighted by Crippen LogP contribution is 2.36. The number of pyridine rings is 3. The molecular weight excluding hydrogens is 496 g/mol. The fourth-order valence-corrected chi connectivity index (χ4v) is 5.58. The molecule has 38 heavy (non-hydrogen) atoms. The standard InChI is InChI=1S/C30H31ClN6O/c1-18-6-10-25(33-15-18)30(22-8-7-19(2)24(31)12-22)37-17-20(3)36(16-21(37)4)27-13-28(38)35(5)26-11-9-23(14-32)34-29(26)27/h6-13,15,20-21,30H,16-17H2,1-5H3/t20-,21-,30?/m0/s1. The van der Waals surface area contributed by atoms with Crippen LogP contribution in [-0.4, -0.2) is 44.6 Å². The first kappa shape index (κ1) is 25.9. The van der Waals surface area contributed by atoms with Crippen molar-refractivity contribution in [2.45, 2.75) is 45.8 Å². The zero-order valence-corrected chi connectivity index (χ0v) is 23.1. The van der Waals surface area contributed by atoms with Gasteiger partial charge < -0.3 is 9.47 Å². The molecule has 0 bridgehead atoms. The maximum absolute atomic E-state index is 12.9. The van der Waals surface area contributed by atoms with Crippen molar-refractivity contribution in [3.8, 4) is 6.07 Å². The van der Waals surface area contributed by atoms with Crippen LogP contribution in [0.25, 0.3) is 11.0 Å². The Labute approximate surface area is 227 Å². The summed E-state index contributed by atoms with van der Waals surface area (Å²) in [5.41, 5.74) is 6.61. The molecule has 1 unspecified atom stereocenters. The Hall–Kier alpha value is -3.73. The smallest absolute Gasteiger partial charge is 0.252 e. The van der Waals surface area contributed by atoms with Gasteiger partial charge in [0.05, 0.1) is 22.9 Å². The number of rotatable bonds is 4. The Morgan fingerprint density at radius 2 is 1.84 bits per heavy atom. The third-order valence-corrected chi connectivity index (χ3v) is 7.99. The Balaban J connectivity index is 1.56. The summed E-state index contributed by atoms with van der Waals surface area (Å²) in [7, 11) is 1.73. The van der Waals surface area contributed by atoms with Gasteiger partial charge in [-0.1, -0.05) is 29.8 Å². The fourth-order valence-electron chi connectivity index (χ4n) is 5.39. The van der Waals surface area contributed by atoms with E-state index in [0.29, 0.717) is 23.3 Å². The van der Waals surface area contributed by atoms with Gasteiger partial charge in [0, 0.05) is 49.5 Å². The minimum atomic E-state index is -0.0997. The fraction of sp³-hybridized carbons (Fsp3) is 0.333. The van der Waals surface area contributed by atoms with Crippen molar-refractivity contribution < 1.29 is 0 Å². The average Bonchev–Trinajstić information content (AvgIpc) is 2.91. The molecule has 3 atom stereocenters. The molecule has 8 heteroatoms. The largest absolute Gasteiger partial charge is 0.364 e. The predicted molar refractivity (Wildman–Crippen MR) is 152 cm³/mol. The normalized spacial score (nSPS) is 18.9. The predicted octanol–water partition coefficient (Wildman–Crippen LogP) is 5.16. The number of aryl methyl sites for hydroxylation is 3. The lowest BCUT2D eigenvalue weighted by atomic mass is 9.95. The molecule has 4 heterocycles. The summed E-state index contributed by atoms with van der Waals surface area (Å²) in [5, 5.41) is 10.2. The van der Waals surface area contributed by atoms with E-state index in [1.165, 1.54) is 0 Å². The van der Waals surface area contributed by atoms with Crippen molar-refractivity contribution in [1.29, 1.82) is 5.26 Å². The van der Waals surface area contributed by atoms with Crippen LogP contribution in [0.1, 0.15) is 48.0 Å². The number of fused-ring (bicyclic) bond motifs is 1. The van der Waals surface area contributed by atoms with Crippen molar-refractivity contribution in [3.63, 3.8) is 0 Å². The monoisotopic (exact) mass is 526 g/mol. The SMILES string of the molecule is Cc1ccc(C(c2ccc(C)c(Cl)c2)N2C[C@H](C)N(c3cc(=O)n(C)c4ccc(C#N)nc34)C[C@@H]2C)nc1. The third kappa shape index (κ3) is 4.66. The summed E-state index contributed by atoms with van der Waals surface area (Å²) in [5.74, 6) is 0. The molecule has 1 saturated heterocycles. The molecule has 0 N–H and O–H groups in total. The molecule has 194 valence electrons. The first-order chi connectivity index (χ1) is 18.2. The van der Waals surface area contributed by atoms with E-state index in [9.17, 15) is 10.1 Å². The van der Waals surface area contributed by atoms with Gasteiger partial charge >= 0.3 is 0 Å². The van der Waals surface area contributed by atoms with E-state index < -0.39 is 0 Å². The molecule has 0 spiro atoms. The van der Waals surface area contributed by atoms with Gasteiger partial charge in [-0.05, 0) is 68.7 Å². The first-order valence-corrected chi connectivity index (χ1v) is 13.2. The molecule has 0 radical (unpaired) electrons. The summed E-state index contributed by atoms with van der Waals surface area (Å²) in [6.45, 7) is 9.84. The van der Waals surface area contributed by atoms with E-state index in [4.69, 9.17) is 16.6 Å². The van der Waals surface area contributed by atoms with Crippen molar-refractivity contribution in [1.82, 2.24) is 19.4 Å². The number of anilines is 1. The number of piperazine rings is 1. The van der Waals surface area contributed by atoms with Crippen molar-refractivity contribution in [2.75, 3.05) is 18.0 Å². The van der Waals surface area contributed by atoms with Crippen molar-refractivity contribution in [2.24, 2.45) is 7.05 Å². The number of nitriles is 1. The van der Waals surface area contributed by atoms with Gasteiger partial charge in [-0.15, -0.1) is 0 Å². The second kappa shape index (κ2) is 10.2. The van der Waals surface area contributed by atoms with E-state index in [-0.39, 0.29) is 23.7 Å². The highest BCUT2D eigenvalue weighted by Gasteiger charge is 2.36. The summed E-state index contributed by atoms with van der Waals surface area (Å²) in [6.07, 6.45) is 1.91. The zero-order valence-electron chi connectivity index (χ0n) is 22.3. The summed E-state index contributed by atoms with van der Waals surface area (Å²) in [4.78, 5) is 27.0. The minimum Gasteiger partial charge on any atom is -0.364 e. The summed E-state index contributed by atoms with van der Waals surface area (Å²) >= 11 is 6.58. The van der Waals surface area contributed by atoms with Crippen molar-refractivity contribution in [3.05, 3.63) is 98.2 Å². The van der Waals surface area contributed by atoms with E-state index in [2.05, 4.69) is 65.0 Å². The van der Waals surface area contributed by atoms with Crippen LogP contribution in [0.2, 0.25) is 5.02 Å². The molecule has 0 aliphatic carbocycles. The van der Waals surface area contributed by atoms with Crippen molar-refractivity contribution >= 4 is 28.3 Å². The van der Waals surface area contributed by atoms with E-state index in [1.54, 1.807) is 29.8 Å². The lowest BCUT2D eigenvalue weighted by molar-refractivity contribution is 0.128. The van der Waals surface area contributed by atoms with Crippen LogP contribution in [0.3, 0.4) is 0 Å². The lowest BCUT2D eigenvalue weighted by Crippen LogP contribution is -2.57. The van der Waals surface area contributed by atoms with Crippen LogP contribution in [0.4, 0.5) is 5.69 Å². The van der Waals surface area contributed by atoms with E-state index >= 15 is 0 Å². The third-order valence-electron chi connectivity index (χ3n) is 7.58. The Kier molecular flexibility index (Phi) is 6.95. The molecule has 3 aromatic heterocycles. The average molecular weight is 527 g/mol. The summed E-state index contributed by atoms with van der Waals surface area (Å²) < 4.78 is 1.58. The second-order valence-electron chi connectivity index (χ2n) is 10.3. The van der Waals surface area contributed by atoms with Crippen LogP contribution in [0.15, 0.2) is 59.5 Å². The van der Waals surface area contributed by atoms with Crippen LogP contribution in [0, 0.1) is 25.2 Å². The van der Waals surface area contributed by atoms with Gasteiger partial charge in [0.15, 0.2) is 0 Å².